The van der Waals surface area contributed by atoms with Crippen molar-refractivity contribution in [2.24, 2.45) is 0 Å². The van der Waals surface area contributed by atoms with Crippen molar-refractivity contribution in [1.82, 2.24) is 10.1 Å². The zero-order valence-corrected chi connectivity index (χ0v) is 14.0. The van der Waals surface area contributed by atoms with Crippen LogP contribution in [0.4, 0.5) is 22.0 Å². The minimum absolute atomic E-state index is 0.124. The van der Waals surface area contributed by atoms with Crippen LogP contribution in [0.15, 0.2) is 51.9 Å². The van der Waals surface area contributed by atoms with Gasteiger partial charge in [-0.3, -0.25) is 0 Å². The summed E-state index contributed by atoms with van der Waals surface area (Å²) in [7, 11) is -4.03. The fourth-order valence-corrected chi connectivity index (χ4v) is 3.62. The molecule has 3 rings (SSSR count). The number of halogens is 5. The van der Waals surface area contributed by atoms with Gasteiger partial charge in [0, 0.05) is 11.1 Å². The molecular weight excluding hydrogens is 395 g/mol. The Morgan fingerprint density at radius 2 is 1.59 bits per heavy atom. The van der Waals surface area contributed by atoms with Crippen molar-refractivity contribution in [3.8, 4) is 11.4 Å². The van der Waals surface area contributed by atoms with Gasteiger partial charge in [-0.05, 0) is 24.3 Å². The first-order valence-electron chi connectivity index (χ1n) is 7.25. The van der Waals surface area contributed by atoms with E-state index in [1.165, 1.54) is 24.3 Å². The molecule has 0 saturated carbocycles. The van der Waals surface area contributed by atoms with E-state index in [0.717, 1.165) is 0 Å². The molecule has 0 atom stereocenters. The summed E-state index contributed by atoms with van der Waals surface area (Å²) in [5, 5.41) is 3.03. The molecular formula is C16H9F5N2O3S. The highest BCUT2D eigenvalue weighted by Gasteiger charge is 2.38. The highest BCUT2D eigenvalue weighted by Crippen LogP contribution is 2.31. The quantitative estimate of drug-likeness (QED) is 0.615. The van der Waals surface area contributed by atoms with Gasteiger partial charge in [-0.25, -0.2) is 17.2 Å². The topological polar surface area (TPSA) is 73.1 Å². The standard InChI is InChI=1S/C16H9F5N2O3S/c17-12-6-9(14-22-15(26-23-14)16(19,20)21)7-13(18)11(12)8-27(24,25)10-4-2-1-3-5-10/h1-7H,8H2. The van der Waals surface area contributed by atoms with Gasteiger partial charge in [0.1, 0.15) is 11.6 Å². The number of aromatic nitrogens is 2. The van der Waals surface area contributed by atoms with Gasteiger partial charge in [-0.1, -0.05) is 23.4 Å². The van der Waals surface area contributed by atoms with Gasteiger partial charge in [0.2, 0.25) is 5.82 Å². The first-order chi connectivity index (χ1) is 12.6. The van der Waals surface area contributed by atoms with Crippen molar-refractivity contribution in [3.63, 3.8) is 0 Å². The molecule has 0 aliphatic rings. The molecule has 2 aromatic carbocycles. The Morgan fingerprint density at radius 1 is 1.00 bits per heavy atom. The number of sulfone groups is 1. The average molecular weight is 404 g/mol. The van der Waals surface area contributed by atoms with Crippen LogP contribution in [-0.4, -0.2) is 18.6 Å². The van der Waals surface area contributed by atoms with Crippen LogP contribution in [0.25, 0.3) is 11.4 Å². The minimum atomic E-state index is -4.91. The Morgan fingerprint density at radius 3 is 2.11 bits per heavy atom. The first kappa shape index (κ1) is 19.0. The zero-order valence-electron chi connectivity index (χ0n) is 13.2. The van der Waals surface area contributed by atoms with E-state index in [9.17, 15) is 30.4 Å². The van der Waals surface area contributed by atoms with Gasteiger partial charge in [-0.2, -0.15) is 18.2 Å². The number of hydrogen-bond donors (Lipinski definition) is 0. The van der Waals surface area contributed by atoms with E-state index in [1.807, 2.05) is 0 Å². The molecule has 0 unspecified atom stereocenters. The molecule has 3 aromatic rings. The normalized spacial score (nSPS) is 12.3. The molecule has 5 nitrogen and oxygen atoms in total. The molecule has 27 heavy (non-hydrogen) atoms. The summed E-state index contributed by atoms with van der Waals surface area (Å²) in [4.78, 5) is 2.91. The number of rotatable bonds is 4. The summed E-state index contributed by atoms with van der Waals surface area (Å²) < 4.78 is 94.5. The van der Waals surface area contributed by atoms with Gasteiger partial charge >= 0.3 is 12.1 Å². The van der Waals surface area contributed by atoms with Gasteiger partial charge in [-0.15, -0.1) is 0 Å². The van der Waals surface area contributed by atoms with E-state index in [-0.39, 0.29) is 4.90 Å². The molecule has 0 N–H and O–H groups in total. The molecule has 0 spiro atoms. The first-order valence-corrected chi connectivity index (χ1v) is 8.90. The lowest BCUT2D eigenvalue weighted by atomic mass is 10.1. The monoisotopic (exact) mass is 404 g/mol. The highest BCUT2D eigenvalue weighted by molar-refractivity contribution is 7.90. The van der Waals surface area contributed by atoms with E-state index < -0.39 is 56.2 Å². The summed E-state index contributed by atoms with van der Waals surface area (Å²) in [6.07, 6.45) is -4.91. The van der Waals surface area contributed by atoms with Crippen LogP contribution in [0.2, 0.25) is 0 Å². The molecule has 0 radical (unpaired) electrons. The van der Waals surface area contributed by atoms with Crippen molar-refractivity contribution in [2.45, 2.75) is 16.8 Å². The Hall–Kier alpha value is -2.82. The second kappa shape index (κ2) is 6.72. The maximum Gasteiger partial charge on any atom is 0.471 e. The molecule has 0 aliphatic carbocycles. The van der Waals surface area contributed by atoms with Crippen molar-refractivity contribution >= 4 is 9.84 Å². The minimum Gasteiger partial charge on any atom is -0.329 e. The van der Waals surface area contributed by atoms with E-state index in [2.05, 4.69) is 14.7 Å². The fourth-order valence-electron chi connectivity index (χ4n) is 2.23. The fraction of sp³-hybridized carbons (Fsp3) is 0.125. The van der Waals surface area contributed by atoms with Crippen LogP contribution < -0.4 is 0 Å². The average Bonchev–Trinajstić information content (AvgIpc) is 3.09. The maximum atomic E-state index is 14.3. The van der Waals surface area contributed by atoms with Crippen molar-refractivity contribution in [1.29, 1.82) is 0 Å². The zero-order chi connectivity index (χ0) is 19.8. The van der Waals surface area contributed by atoms with Crippen molar-refractivity contribution < 1.29 is 34.9 Å². The third-order valence-corrected chi connectivity index (χ3v) is 5.16. The molecule has 0 saturated heterocycles. The van der Waals surface area contributed by atoms with Crippen LogP contribution >= 0.6 is 0 Å². The van der Waals surface area contributed by atoms with Gasteiger partial charge in [0.15, 0.2) is 9.84 Å². The second-order valence-electron chi connectivity index (χ2n) is 5.41. The van der Waals surface area contributed by atoms with Crippen LogP contribution in [-0.2, 0) is 21.8 Å². The number of alkyl halides is 3. The van der Waals surface area contributed by atoms with Gasteiger partial charge in [0.25, 0.3) is 0 Å². The lowest BCUT2D eigenvalue weighted by Crippen LogP contribution is -2.09. The van der Waals surface area contributed by atoms with E-state index in [1.54, 1.807) is 6.07 Å². The molecule has 1 heterocycles. The highest BCUT2D eigenvalue weighted by atomic mass is 32.2. The number of hydrogen-bond acceptors (Lipinski definition) is 5. The summed E-state index contributed by atoms with van der Waals surface area (Å²) >= 11 is 0. The third-order valence-electron chi connectivity index (χ3n) is 3.50. The molecule has 0 fully saturated rings. The predicted octanol–water partition coefficient (Wildman–Crippen LogP) is 4.01. The maximum absolute atomic E-state index is 14.3. The summed E-state index contributed by atoms with van der Waals surface area (Å²) in [6, 6.07) is 8.33. The summed E-state index contributed by atoms with van der Waals surface area (Å²) in [5.74, 6) is -5.84. The predicted molar refractivity (Wildman–Crippen MR) is 82.0 cm³/mol. The lowest BCUT2D eigenvalue weighted by Gasteiger charge is -2.08. The van der Waals surface area contributed by atoms with E-state index >= 15 is 0 Å². The van der Waals surface area contributed by atoms with Crippen LogP contribution in [0.1, 0.15) is 11.5 Å². The van der Waals surface area contributed by atoms with E-state index in [4.69, 9.17) is 0 Å². The Balaban J connectivity index is 1.95. The largest absolute Gasteiger partial charge is 0.471 e. The van der Waals surface area contributed by atoms with Crippen molar-refractivity contribution in [2.75, 3.05) is 0 Å². The van der Waals surface area contributed by atoms with Gasteiger partial charge < -0.3 is 4.52 Å². The van der Waals surface area contributed by atoms with Crippen LogP contribution in [0.5, 0.6) is 0 Å². The molecule has 0 amide bonds. The molecule has 11 heteroatoms. The SMILES string of the molecule is O=S(=O)(Cc1c(F)cc(-c2noc(C(F)(F)F)n2)cc1F)c1ccccc1. The van der Waals surface area contributed by atoms with Gasteiger partial charge in [0.05, 0.1) is 10.6 Å². The van der Waals surface area contributed by atoms with Crippen LogP contribution in [0.3, 0.4) is 0 Å². The molecule has 0 bridgehead atoms. The summed E-state index contributed by atoms with van der Waals surface area (Å²) in [6.45, 7) is 0. The number of benzene rings is 2. The van der Waals surface area contributed by atoms with E-state index in [0.29, 0.717) is 12.1 Å². The Labute approximate surface area is 149 Å². The molecule has 0 aliphatic heterocycles. The summed E-state index contributed by atoms with van der Waals surface area (Å²) in [5.41, 5.74) is -1.17. The molecule has 1 aromatic heterocycles. The second-order valence-corrected chi connectivity index (χ2v) is 7.40. The Kier molecular flexibility index (Phi) is 4.72. The van der Waals surface area contributed by atoms with Crippen molar-refractivity contribution in [3.05, 3.63) is 65.6 Å². The number of nitrogens with zero attached hydrogens (tertiary/aromatic N) is 2. The lowest BCUT2D eigenvalue weighted by molar-refractivity contribution is -0.159. The smallest absolute Gasteiger partial charge is 0.329 e. The third kappa shape index (κ3) is 3.97. The van der Waals surface area contributed by atoms with Crippen LogP contribution in [0, 0.1) is 11.6 Å². The molecule has 142 valence electrons. The Bertz CT molecular complexity index is 1060.